The summed E-state index contributed by atoms with van der Waals surface area (Å²) in [6, 6.07) is 0. The van der Waals surface area contributed by atoms with Gasteiger partial charge in [-0.25, -0.2) is 4.79 Å². The summed E-state index contributed by atoms with van der Waals surface area (Å²) in [4.78, 5) is 24.6. The first kappa shape index (κ1) is 13.7. The maximum Gasteiger partial charge on any atom is 0.339 e. The number of amides is 1. The first-order valence-electron chi connectivity index (χ1n) is 5.29. The lowest BCUT2D eigenvalue weighted by atomic mass is 10.2. The molecule has 1 aromatic heterocycles. The monoisotopic (exact) mass is 249 g/mol. The third kappa shape index (κ3) is 2.85. The molecule has 1 rings (SSSR count). The normalized spacial score (nSPS) is 9.83. The molecule has 0 radical (unpaired) electrons. The van der Waals surface area contributed by atoms with Crippen molar-refractivity contribution in [3.63, 3.8) is 0 Å². The van der Waals surface area contributed by atoms with Crippen molar-refractivity contribution in [2.24, 2.45) is 7.05 Å². The number of aromatic nitrogens is 2. The fourth-order valence-electron chi connectivity index (χ4n) is 1.50. The minimum atomic E-state index is -1.18. The number of hydrogen-bond acceptors (Lipinski definition) is 3. The predicted octanol–water partition coefficient (Wildman–Crippen LogP) is 0.933. The maximum atomic E-state index is 12.2. The Balaban J connectivity index is 3.11. The molecule has 0 spiro atoms. The molecular formula is C12H15N3O3. The van der Waals surface area contributed by atoms with Gasteiger partial charge in [0.05, 0.1) is 0 Å². The summed E-state index contributed by atoms with van der Waals surface area (Å²) in [5.41, 5.74) is -0.186. The molecule has 0 saturated heterocycles. The minimum absolute atomic E-state index is 0.0753. The van der Waals surface area contributed by atoms with Crippen LogP contribution in [0.4, 0.5) is 0 Å². The van der Waals surface area contributed by atoms with Gasteiger partial charge in [-0.3, -0.25) is 9.48 Å². The molecule has 0 bridgehead atoms. The molecule has 0 saturated carbocycles. The van der Waals surface area contributed by atoms with Gasteiger partial charge in [0.15, 0.2) is 5.69 Å². The van der Waals surface area contributed by atoms with E-state index < -0.39 is 11.9 Å². The Morgan fingerprint density at radius 3 is 2.44 bits per heavy atom. The molecule has 1 aromatic rings. The van der Waals surface area contributed by atoms with Crippen molar-refractivity contribution >= 4 is 11.9 Å². The van der Waals surface area contributed by atoms with E-state index in [0.717, 1.165) is 0 Å². The number of carboxylic acids is 1. The summed E-state index contributed by atoms with van der Waals surface area (Å²) in [5, 5.41) is 12.9. The summed E-state index contributed by atoms with van der Waals surface area (Å²) in [6.45, 7) is 7.71. The standard InChI is InChI=1S/C12H15N3O3/c1-4-6-15(7-5-2)11(16)10-9(12(17)18)8-14(3)13-10/h4-5,8H,1-2,6-7H2,3H3,(H,17,18). The molecule has 96 valence electrons. The van der Waals surface area contributed by atoms with Crippen LogP contribution in [0.3, 0.4) is 0 Å². The summed E-state index contributed by atoms with van der Waals surface area (Å²) in [7, 11) is 1.56. The van der Waals surface area contributed by atoms with Crippen molar-refractivity contribution < 1.29 is 14.7 Å². The molecule has 0 aromatic carbocycles. The zero-order valence-corrected chi connectivity index (χ0v) is 10.2. The maximum absolute atomic E-state index is 12.2. The van der Waals surface area contributed by atoms with E-state index in [1.165, 1.54) is 15.8 Å². The lowest BCUT2D eigenvalue weighted by Gasteiger charge is -2.18. The van der Waals surface area contributed by atoms with Gasteiger partial charge in [-0.1, -0.05) is 12.2 Å². The van der Waals surface area contributed by atoms with E-state index in [1.807, 2.05) is 0 Å². The fourth-order valence-corrected chi connectivity index (χ4v) is 1.50. The highest BCUT2D eigenvalue weighted by atomic mass is 16.4. The second-order valence-corrected chi connectivity index (χ2v) is 3.66. The van der Waals surface area contributed by atoms with E-state index in [2.05, 4.69) is 18.3 Å². The van der Waals surface area contributed by atoms with Gasteiger partial charge in [0.2, 0.25) is 0 Å². The number of nitrogens with zero attached hydrogens (tertiary/aromatic N) is 3. The molecule has 0 unspecified atom stereocenters. The second kappa shape index (κ2) is 5.81. The summed E-state index contributed by atoms with van der Waals surface area (Å²) < 4.78 is 1.30. The quantitative estimate of drug-likeness (QED) is 0.761. The van der Waals surface area contributed by atoms with Crippen LogP contribution in [0.5, 0.6) is 0 Å². The van der Waals surface area contributed by atoms with Gasteiger partial charge in [-0.05, 0) is 0 Å². The number of hydrogen-bond donors (Lipinski definition) is 1. The van der Waals surface area contributed by atoms with Gasteiger partial charge in [0.25, 0.3) is 5.91 Å². The van der Waals surface area contributed by atoms with E-state index in [9.17, 15) is 9.59 Å². The van der Waals surface area contributed by atoms with Crippen LogP contribution in [0, 0.1) is 0 Å². The Labute approximate surface area is 105 Å². The van der Waals surface area contributed by atoms with Crippen molar-refractivity contribution in [1.29, 1.82) is 0 Å². The topological polar surface area (TPSA) is 75.4 Å². The van der Waals surface area contributed by atoms with Crippen molar-refractivity contribution in [3.05, 3.63) is 42.8 Å². The lowest BCUT2D eigenvalue weighted by molar-refractivity contribution is 0.0680. The second-order valence-electron chi connectivity index (χ2n) is 3.66. The highest BCUT2D eigenvalue weighted by Gasteiger charge is 2.24. The summed E-state index contributed by atoms with van der Waals surface area (Å²) in [5.74, 6) is -1.63. The smallest absolute Gasteiger partial charge is 0.339 e. The van der Waals surface area contributed by atoms with Crippen molar-refractivity contribution in [3.8, 4) is 0 Å². The van der Waals surface area contributed by atoms with Gasteiger partial charge < -0.3 is 10.0 Å². The molecule has 1 N–H and O–H groups in total. The van der Waals surface area contributed by atoms with Crippen LogP contribution in [0.15, 0.2) is 31.5 Å². The summed E-state index contributed by atoms with van der Waals surface area (Å²) >= 11 is 0. The van der Waals surface area contributed by atoms with Crippen LogP contribution < -0.4 is 0 Å². The number of carbonyl (C=O) groups excluding carboxylic acids is 1. The molecule has 1 heterocycles. The molecule has 0 atom stereocenters. The average molecular weight is 249 g/mol. The van der Waals surface area contributed by atoms with Crippen molar-refractivity contribution in [1.82, 2.24) is 14.7 Å². The van der Waals surface area contributed by atoms with E-state index in [-0.39, 0.29) is 11.3 Å². The molecule has 1 amide bonds. The van der Waals surface area contributed by atoms with Crippen LogP contribution in [-0.2, 0) is 7.05 Å². The molecule has 6 nitrogen and oxygen atoms in total. The van der Waals surface area contributed by atoms with E-state index in [0.29, 0.717) is 13.1 Å². The molecule has 0 aliphatic heterocycles. The minimum Gasteiger partial charge on any atom is -0.478 e. The van der Waals surface area contributed by atoms with Crippen LogP contribution >= 0.6 is 0 Å². The van der Waals surface area contributed by atoms with Crippen LogP contribution in [0.2, 0.25) is 0 Å². The molecule has 6 heteroatoms. The van der Waals surface area contributed by atoms with Crippen LogP contribution in [0.25, 0.3) is 0 Å². The lowest BCUT2D eigenvalue weighted by Crippen LogP contribution is -2.32. The van der Waals surface area contributed by atoms with Crippen molar-refractivity contribution in [2.45, 2.75) is 0 Å². The predicted molar refractivity (Wildman–Crippen MR) is 66.5 cm³/mol. The van der Waals surface area contributed by atoms with Gasteiger partial charge in [0.1, 0.15) is 5.56 Å². The first-order chi connectivity index (χ1) is 8.51. The number of aryl methyl sites for hydroxylation is 1. The van der Waals surface area contributed by atoms with Gasteiger partial charge in [0, 0.05) is 26.3 Å². The SMILES string of the molecule is C=CCN(CC=C)C(=O)c1nn(C)cc1C(=O)O. The highest BCUT2D eigenvalue weighted by molar-refractivity contribution is 6.03. The number of carboxylic acid groups (broad SMARTS) is 1. The largest absolute Gasteiger partial charge is 0.478 e. The Kier molecular flexibility index (Phi) is 4.42. The van der Waals surface area contributed by atoms with Gasteiger partial charge >= 0.3 is 5.97 Å². The highest BCUT2D eigenvalue weighted by Crippen LogP contribution is 2.10. The van der Waals surface area contributed by atoms with E-state index in [1.54, 1.807) is 19.2 Å². The molecule has 18 heavy (non-hydrogen) atoms. The zero-order chi connectivity index (χ0) is 13.7. The Morgan fingerprint density at radius 2 is 2.00 bits per heavy atom. The summed E-state index contributed by atoms with van der Waals surface area (Å²) in [6.07, 6.45) is 4.42. The molecule has 0 fully saturated rings. The van der Waals surface area contributed by atoms with E-state index >= 15 is 0 Å². The number of rotatable bonds is 6. The number of carbonyl (C=O) groups is 2. The molecular weight excluding hydrogens is 234 g/mol. The third-order valence-electron chi connectivity index (χ3n) is 2.25. The average Bonchev–Trinajstić information content (AvgIpc) is 2.70. The van der Waals surface area contributed by atoms with Gasteiger partial charge in [-0.15, -0.1) is 13.2 Å². The first-order valence-corrected chi connectivity index (χ1v) is 5.29. The Hall–Kier alpha value is -2.37. The van der Waals surface area contributed by atoms with Gasteiger partial charge in [-0.2, -0.15) is 5.10 Å². The Morgan fingerprint density at radius 1 is 1.44 bits per heavy atom. The van der Waals surface area contributed by atoms with Crippen molar-refractivity contribution in [2.75, 3.05) is 13.1 Å². The fraction of sp³-hybridized carbons (Fsp3) is 0.250. The van der Waals surface area contributed by atoms with E-state index in [4.69, 9.17) is 5.11 Å². The van der Waals surface area contributed by atoms with Crippen LogP contribution in [-0.4, -0.2) is 44.8 Å². The molecule has 0 aliphatic rings. The zero-order valence-electron chi connectivity index (χ0n) is 10.2. The molecule has 0 aliphatic carbocycles. The van der Waals surface area contributed by atoms with Crippen LogP contribution in [0.1, 0.15) is 20.8 Å². The third-order valence-corrected chi connectivity index (χ3v) is 2.25. The Bertz CT molecular complexity index is 481. The number of aromatic carboxylic acids is 1.